The smallest absolute Gasteiger partial charge is 0.243 e. The second-order valence-electron chi connectivity index (χ2n) is 3.87. The number of para-hydroxylation sites is 1. The third kappa shape index (κ3) is 1.83. The summed E-state index contributed by atoms with van der Waals surface area (Å²) in [6.45, 7) is -0.118. The molecule has 0 aliphatic heterocycles. The van der Waals surface area contributed by atoms with Crippen molar-refractivity contribution < 1.29 is 9.84 Å². The van der Waals surface area contributed by atoms with Gasteiger partial charge in [0, 0.05) is 6.20 Å². The molecule has 0 saturated heterocycles. The van der Waals surface area contributed by atoms with Gasteiger partial charge in [-0.25, -0.2) is 0 Å². The summed E-state index contributed by atoms with van der Waals surface area (Å²) in [4.78, 5) is 4.36. The fraction of sp³-hybridized carbons (Fsp3) is 0.0714. The number of aliphatic hydroxyl groups excluding tert-OH is 1. The van der Waals surface area contributed by atoms with Crippen molar-refractivity contribution in [2.45, 2.75) is 6.61 Å². The summed E-state index contributed by atoms with van der Waals surface area (Å²) in [6, 6.07) is 15.1. The quantitative estimate of drug-likeness (QED) is 0.765. The molecular weight excluding hydrogens is 228 g/mol. The van der Waals surface area contributed by atoms with Gasteiger partial charge in [0.2, 0.25) is 5.88 Å². The summed E-state index contributed by atoms with van der Waals surface area (Å²) in [5.41, 5.74) is 1.40. The molecule has 2 aromatic heterocycles. The number of benzene rings is 1. The first-order chi connectivity index (χ1) is 8.88. The molecule has 0 amide bonds. The van der Waals surface area contributed by atoms with E-state index in [2.05, 4.69) is 4.98 Å². The molecule has 0 radical (unpaired) electrons. The zero-order valence-corrected chi connectivity index (χ0v) is 9.65. The highest BCUT2D eigenvalue weighted by atomic mass is 16.5. The topological polar surface area (TPSA) is 46.8 Å². The third-order valence-corrected chi connectivity index (χ3v) is 2.70. The van der Waals surface area contributed by atoms with E-state index in [1.807, 2.05) is 59.1 Å². The van der Waals surface area contributed by atoms with Crippen LogP contribution in [0, 0.1) is 0 Å². The molecule has 0 aliphatic carbocycles. The normalized spacial score (nSPS) is 10.7. The van der Waals surface area contributed by atoms with Crippen molar-refractivity contribution in [3.8, 4) is 11.6 Å². The molecule has 18 heavy (non-hydrogen) atoms. The molecular formula is C14H12N2O2. The summed E-state index contributed by atoms with van der Waals surface area (Å²) >= 11 is 0. The first kappa shape index (κ1) is 10.8. The van der Waals surface area contributed by atoms with Crippen LogP contribution in [0.25, 0.3) is 5.65 Å². The first-order valence-electron chi connectivity index (χ1n) is 5.68. The van der Waals surface area contributed by atoms with Crippen LogP contribution < -0.4 is 4.74 Å². The van der Waals surface area contributed by atoms with Crippen molar-refractivity contribution in [3.63, 3.8) is 0 Å². The van der Waals surface area contributed by atoms with Crippen LogP contribution in [0.5, 0.6) is 11.6 Å². The standard InChI is InChI=1S/C14H12N2O2/c17-10-12-14(18-11-6-2-1-3-7-11)15-13-8-4-5-9-16(12)13/h1-9,17H,10H2. The number of nitrogens with zero attached hydrogens (tertiary/aromatic N) is 2. The summed E-state index contributed by atoms with van der Waals surface area (Å²) < 4.78 is 7.51. The second-order valence-corrected chi connectivity index (χ2v) is 3.87. The predicted octanol–water partition coefficient (Wildman–Crippen LogP) is 2.62. The van der Waals surface area contributed by atoms with Gasteiger partial charge in [-0.15, -0.1) is 0 Å². The molecule has 0 spiro atoms. The number of fused-ring (bicyclic) bond motifs is 1. The number of rotatable bonds is 3. The van der Waals surface area contributed by atoms with Crippen molar-refractivity contribution in [1.82, 2.24) is 9.38 Å². The van der Waals surface area contributed by atoms with Gasteiger partial charge in [-0.3, -0.25) is 4.40 Å². The van der Waals surface area contributed by atoms with Gasteiger partial charge in [0.25, 0.3) is 0 Å². The molecule has 0 saturated carbocycles. The first-order valence-corrected chi connectivity index (χ1v) is 5.68. The molecule has 1 aromatic carbocycles. The van der Waals surface area contributed by atoms with Crippen LogP contribution in [-0.2, 0) is 6.61 Å². The van der Waals surface area contributed by atoms with Gasteiger partial charge in [0.1, 0.15) is 17.1 Å². The Kier molecular flexibility index (Phi) is 2.70. The van der Waals surface area contributed by atoms with Gasteiger partial charge in [0.05, 0.1) is 6.61 Å². The van der Waals surface area contributed by atoms with E-state index in [0.29, 0.717) is 17.3 Å². The van der Waals surface area contributed by atoms with E-state index in [-0.39, 0.29) is 6.61 Å². The van der Waals surface area contributed by atoms with E-state index < -0.39 is 0 Å². The van der Waals surface area contributed by atoms with E-state index in [0.717, 1.165) is 5.65 Å². The number of aromatic nitrogens is 2. The Morgan fingerprint density at radius 3 is 2.61 bits per heavy atom. The summed E-state index contributed by atoms with van der Waals surface area (Å²) in [6.07, 6.45) is 1.85. The van der Waals surface area contributed by atoms with E-state index >= 15 is 0 Å². The molecule has 1 N–H and O–H groups in total. The Morgan fingerprint density at radius 1 is 1.06 bits per heavy atom. The Bertz CT molecular complexity index is 662. The fourth-order valence-corrected chi connectivity index (χ4v) is 1.85. The highest BCUT2D eigenvalue weighted by Crippen LogP contribution is 2.25. The van der Waals surface area contributed by atoms with Crippen LogP contribution >= 0.6 is 0 Å². The van der Waals surface area contributed by atoms with Crippen LogP contribution in [0.3, 0.4) is 0 Å². The number of hydrogen-bond donors (Lipinski definition) is 1. The maximum absolute atomic E-state index is 9.44. The maximum Gasteiger partial charge on any atom is 0.243 e. The Morgan fingerprint density at radius 2 is 1.83 bits per heavy atom. The largest absolute Gasteiger partial charge is 0.437 e. The van der Waals surface area contributed by atoms with E-state index in [9.17, 15) is 5.11 Å². The van der Waals surface area contributed by atoms with E-state index in [4.69, 9.17) is 4.74 Å². The highest BCUT2D eigenvalue weighted by molar-refractivity contribution is 5.46. The van der Waals surface area contributed by atoms with Gasteiger partial charge >= 0.3 is 0 Å². The minimum absolute atomic E-state index is 0.118. The second kappa shape index (κ2) is 4.50. The third-order valence-electron chi connectivity index (χ3n) is 2.70. The Labute approximate surface area is 104 Å². The van der Waals surface area contributed by atoms with Crippen molar-refractivity contribution in [3.05, 3.63) is 60.4 Å². The van der Waals surface area contributed by atoms with Crippen LogP contribution in [-0.4, -0.2) is 14.5 Å². The van der Waals surface area contributed by atoms with Gasteiger partial charge in [-0.05, 0) is 24.3 Å². The summed E-state index contributed by atoms with van der Waals surface area (Å²) in [5, 5.41) is 9.44. The van der Waals surface area contributed by atoms with Crippen molar-refractivity contribution in [1.29, 1.82) is 0 Å². The molecule has 2 heterocycles. The Balaban J connectivity index is 2.06. The van der Waals surface area contributed by atoms with E-state index in [1.165, 1.54) is 0 Å². The monoisotopic (exact) mass is 240 g/mol. The van der Waals surface area contributed by atoms with Gasteiger partial charge in [-0.2, -0.15) is 4.98 Å². The van der Waals surface area contributed by atoms with Crippen molar-refractivity contribution in [2.24, 2.45) is 0 Å². The van der Waals surface area contributed by atoms with Crippen molar-refractivity contribution >= 4 is 5.65 Å². The molecule has 4 nitrogen and oxygen atoms in total. The van der Waals surface area contributed by atoms with Gasteiger partial charge in [0.15, 0.2) is 0 Å². The summed E-state index contributed by atoms with van der Waals surface area (Å²) in [7, 11) is 0. The lowest BCUT2D eigenvalue weighted by molar-refractivity contribution is 0.269. The maximum atomic E-state index is 9.44. The molecule has 3 rings (SSSR count). The van der Waals surface area contributed by atoms with E-state index in [1.54, 1.807) is 0 Å². The lowest BCUT2D eigenvalue weighted by Gasteiger charge is -2.03. The lowest BCUT2D eigenvalue weighted by atomic mass is 10.3. The molecule has 0 atom stereocenters. The van der Waals surface area contributed by atoms with Gasteiger partial charge in [-0.1, -0.05) is 24.3 Å². The zero-order valence-electron chi connectivity index (χ0n) is 9.65. The zero-order chi connectivity index (χ0) is 12.4. The minimum atomic E-state index is -0.118. The average Bonchev–Trinajstić information content (AvgIpc) is 2.77. The molecule has 3 aromatic rings. The lowest BCUT2D eigenvalue weighted by Crippen LogP contribution is -1.94. The molecule has 4 heteroatoms. The molecule has 0 bridgehead atoms. The number of ether oxygens (including phenoxy) is 1. The predicted molar refractivity (Wildman–Crippen MR) is 67.6 cm³/mol. The minimum Gasteiger partial charge on any atom is -0.437 e. The van der Waals surface area contributed by atoms with Gasteiger partial charge < -0.3 is 9.84 Å². The average molecular weight is 240 g/mol. The number of imidazole rings is 1. The van der Waals surface area contributed by atoms with Crippen LogP contribution in [0.4, 0.5) is 0 Å². The van der Waals surface area contributed by atoms with Crippen molar-refractivity contribution in [2.75, 3.05) is 0 Å². The molecule has 90 valence electrons. The van der Waals surface area contributed by atoms with Crippen LogP contribution in [0.2, 0.25) is 0 Å². The number of aliphatic hydroxyl groups is 1. The number of hydrogen-bond acceptors (Lipinski definition) is 3. The Hall–Kier alpha value is -2.33. The highest BCUT2D eigenvalue weighted by Gasteiger charge is 2.12. The SMILES string of the molecule is OCc1c(Oc2ccccc2)nc2ccccn12. The summed E-state index contributed by atoms with van der Waals surface area (Å²) in [5.74, 6) is 1.14. The van der Waals surface area contributed by atoms with Crippen LogP contribution in [0.15, 0.2) is 54.7 Å². The molecule has 0 fully saturated rings. The molecule has 0 unspecified atom stereocenters. The van der Waals surface area contributed by atoms with Crippen LogP contribution in [0.1, 0.15) is 5.69 Å². The fourth-order valence-electron chi connectivity index (χ4n) is 1.85. The molecule has 0 aliphatic rings. The number of pyridine rings is 1.